The molecule has 1 aromatic rings. The fourth-order valence-corrected chi connectivity index (χ4v) is 1.42. The van der Waals surface area contributed by atoms with Crippen LogP contribution in [-0.2, 0) is 4.74 Å². The zero-order chi connectivity index (χ0) is 12.0. The number of carbonyl (C=O) groups is 1. The second-order valence-corrected chi connectivity index (χ2v) is 3.40. The number of esters is 1. The van der Waals surface area contributed by atoms with Gasteiger partial charge in [-0.15, -0.1) is 0 Å². The van der Waals surface area contributed by atoms with Crippen molar-refractivity contribution in [1.82, 2.24) is 0 Å². The van der Waals surface area contributed by atoms with E-state index in [2.05, 4.69) is 4.74 Å². The molecule has 0 saturated carbocycles. The minimum absolute atomic E-state index is 0.335. The van der Waals surface area contributed by atoms with Gasteiger partial charge in [-0.3, -0.25) is 0 Å². The fraction of sp³-hybridized carbons (Fsp3) is 0.167. The summed E-state index contributed by atoms with van der Waals surface area (Å²) in [6.45, 7) is 0. The van der Waals surface area contributed by atoms with Gasteiger partial charge in [0.05, 0.1) is 30.2 Å². The molecule has 4 heteroatoms. The molecular formula is C12H10ClNO2. The summed E-state index contributed by atoms with van der Waals surface area (Å²) in [6, 6.07) is 6.99. The first-order chi connectivity index (χ1) is 7.69. The van der Waals surface area contributed by atoms with Crippen molar-refractivity contribution in [1.29, 1.82) is 5.26 Å². The number of methoxy groups -OCH3 is 1. The number of halogens is 1. The highest BCUT2D eigenvalue weighted by molar-refractivity contribution is 6.33. The normalized spacial score (nSPS) is 10.1. The Labute approximate surface area is 98.9 Å². The van der Waals surface area contributed by atoms with Crippen molar-refractivity contribution >= 4 is 23.6 Å². The summed E-state index contributed by atoms with van der Waals surface area (Å²) >= 11 is 5.92. The van der Waals surface area contributed by atoms with Gasteiger partial charge in [0.25, 0.3) is 0 Å². The summed E-state index contributed by atoms with van der Waals surface area (Å²) in [6.07, 6.45) is 3.84. The minimum Gasteiger partial charge on any atom is -0.465 e. The zero-order valence-corrected chi connectivity index (χ0v) is 9.49. The summed E-state index contributed by atoms with van der Waals surface area (Å²) in [4.78, 5) is 11.2. The zero-order valence-electron chi connectivity index (χ0n) is 8.74. The van der Waals surface area contributed by atoms with Gasteiger partial charge >= 0.3 is 5.97 Å². The lowest BCUT2D eigenvalue weighted by Crippen LogP contribution is -2.01. The number of allylic oxidation sites excluding steroid dienone is 1. The molecule has 0 atom stereocenters. The minimum atomic E-state index is -0.461. The quantitative estimate of drug-likeness (QED) is 0.757. The largest absolute Gasteiger partial charge is 0.465 e. The van der Waals surface area contributed by atoms with E-state index in [1.807, 2.05) is 6.07 Å². The van der Waals surface area contributed by atoms with E-state index in [1.165, 1.54) is 7.11 Å². The standard InChI is InChI=1S/C12H10ClNO2/c1-16-12(15)10-6-5-9(8-11(10)13)4-2-3-7-14/h2,4-6,8H,3H2,1H3. The Balaban J connectivity index is 2.92. The van der Waals surface area contributed by atoms with Crippen LogP contribution in [0.4, 0.5) is 0 Å². The van der Waals surface area contributed by atoms with Gasteiger partial charge in [-0.2, -0.15) is 5.26 Å². The van der Waals surface area contributed by atoms with E-state index in [9.17, 15) is 4.79 Å². The number of benzene rings is 1. The van der Waals surface area contributed by atoms with Gasteiger partial charge in [-0.05, 0) is 17.7 Å². The molecule has 82 valence electrons. The summed E-state index contributed by atoms with van der Waals surface area (Å²) in [7, 11) is 1.30. The number of nitrogens with zero attached hydrogens (tertiary/aromatic N) is 1. The van der Waals surface area contributed by atoms with E-state index < -0.39 is 5.97 Å². The van der Waals surface area contributed by atoms with Crippen LogP contribution in [0.5, 0.6) is 0 Å². The Morgan fingerprint density at radius 2 is 2.38 bits per heavy atom. The maximum Gasteiger partial charge on any atom is 0.339 e. The highest BCUT2D eigenvalue weighted by Gasteiger charge is 2.09. The number of hydrogen-bond acceptors (Lipinski definition) is 3. The second-order valence-electron chi connectivity index (χ2n) is 3.00. The number of nitriles is 1. The van der Waals surface area contributed by atoms with Crippen LogP contribution in [0.25, 0.3) is 6.08 Å². The van der Waals surface area contributed by atoms with E-state index in [1.54, 1.807) is 30.4 Å². The number of carbonyl (C=O) groups excluding carboxylic acids is 1. The van der Waals surface area contributed by atoms with E-state index in [0.717, 1.165) is 5.56 Å². The van der Waals surface area contributed by atoms with Crippen molar-refractivity contribution in [2.75, 3.05) is 7.11 Å². The predicted molar refractivity (Wildman–Crippen MR) is 62.1 cm³/mol. The molecule has 0 fully saturated rings. The van der Waals surface area contributed by atoms with Gasteiger partial charge in [0.1, 0.15) is 0 Å². The monoisotopic (exact) mass is 235 g/mol. The van der Waals surface area contributed by atoms with Crippen LogP contribution in [0, 0.1) is 11.3 Å². The average molecular weight is 236 g/mol. The van der Waals surface area contributed by atoms with Crippen LogP contribution in [0.1, 0.15) is 22.3 Å². The highest BCUT2D eigenvalue weighted by atomic mass is 35.5. The van der Waals surface area contributed by atoms with E-state index in [0.29, 0.717) is 17.0 Å². The summed E-state index contributed by atoms with van der Waals surface area (Å²) in [5, 5.41) is 8.70. The molecule has 16 heavy (non-hydrogen) atoms. The van der Waals surface area contributed by atoms with Crippen LogP contribution < -0.4 is 0 Å². The van der Waals surface area contributed by atoms with Crippen LogP contribution >= 0.6 is 11.6 Å². The first kappa shape index (κ1) is 12.3. The predicted octanol–water partition coefficient (Wildman–Crippen LogP) is 3.05. The summed E-state index contributed by atoms with van der Waals surface area (Å²) in [5.74, 6) is -0.461. The maximum absolute atomic E-state index is 11.2. The van der Waals surface area contributed by atoms with Crippen molar-refractivity contribution in [3.8, 4) is 6.07 Å². The van der Waals surface area contributed by atoms with Crippen molar-refractivity contribution in [3.05, 3.63) is 40.4 Å². The SMILES string of the molecule is COC(=O)c1ccc(C=CCC#N)cc1Cl. The molecule has 0 bridgehead atoms. The highest BCUT2D eigenvalue weighted by Crippen LogP contribution is 2.19. The number of hydrogen-bond donors (Lipinski definition) is 0. The molecule has 1 rings (SSSR count). The number of ether oxygens (including phenoxy) is 1. The second kappa shape index (κ2) is 5.94. The fourth-order valence-electron chi connectivity index (χ4n) is 1.16. The van der Waals surface area contributed by atoms with Gasteiger partial charge in [-0.1, -0.05) is 29.8 Å². The third-order valence-electron chi connectivity index (χ3n) is 1.92. The van der Waals surface area contributed by atoms with E-state index in [4.69, 9.17) is 16.9 Å². The average Bonchev–Trinajstić information content (AvgIpc) is 2.29. The topological polar surface area (TPSA) is 50.1 Å². The molecule has 0 amide bonds. The van der Waals surface area contributed by atoms with Gasteiger partial charge in [0.15, 0.2) is 0 Å². The molecule has 0 aliphatic rings. The smallest absolute Gasteiger partial charge is 0.339 e. The van der Waals surface area contributed by atoms with Gasteiger partial charge in [0, 0.05) is 0 Å². The lowest BCUT2D eigenvalue weighted by molar-refractivity contribution is 0.0601. The third-order valence-corrected chi connectivity index (χ3v) is 2.23. The number of rotatable bonds is 3. The van der Waals surface area contributed by atoms with Gasteiger partial charge < -0.3 is 4.74 Å². The van der Waals surface area contributed by atoms with E-state index >= 15 is 0 Å². The molecule has 0 saturated heterocycles. The van der Waals surface area contributed by atoms with Crippen LogP contribution in [0.3, 0.4) is 0 Å². The Morgan fingerprint density at radius 1 is 1.62 bits per heavy atom. The molecule has 0 heterocycles. The first-order valence-corrected chi connectivity index (χ1v) is 4.98. The Morgan fingerprint density at radius 3 is 2.94 bits per heavy atom. The van der Waals surface area contributed by atoms with Gasteiger partial charge in [0.2, 0.25) is 0 Å². The molecule has 1 aromatic carbocycles. The van der Waals surface area contributed by atoms with Crippen molar-refractivity contribution in [3.63, 3.8) is 0 Å². The maximum atomic E-state index is 11.2. The Bertz CT molecular complexity index is 461. The van der Waals surface area contributed by atoms with Crippen molar-refractivity contribution in [2.45, 2.75) is 6.42 Å². The molecular weight excluding hydrogens is 226 g/mol. The van der Waals surface area contributed by atoms with Crippen LogP contribution in [0.2, 0.25) is 5.02 Å². The van der Waals surface area contributed by atoms with Gasteiger partial charge in [-0.25, -0.2) is 4.79 Å². The van der Waals surface area contributed by atoms with Crippen molar-refractivity contribution < 1.29 is 9.53 Å². The molecule has 0 aromatic heterocycles. The first-order valence-electron chi connectivity index (χ1n) is 4.60. The molecule has 0 radical (unpaired) electrons. The van der Waals surface area contributed by atoms with E-state index in [-0.39, 0.29) is 0 Å². The van der Waals surface area contributed by atoms with Crippen molar-refractivity contribution in [2.24, 2.45) is 0 Å². The molecule has 0 unspecified atom stereocenters. The third kappa shape index (κ3) is 3.11. The summed E-state index contributed by atoms with van der Waals surface area (Å²) in [5.41, 5.74) is 1.18. The lowest BCUT2D eigenvalue weighted by Gasteiger charge is -2.02. The summed E-state index contributed by atoms with van der Waals surface area (Å²) < 4.78 is 4.57. The Kier molecular flexibility index (Phi) is 4.56. The van der Waals surface area contributed by atoms with Crippen LogP contribution in [-0.4, -0.2) is 13.1 Å². The molecule has 0 aliphatic carbocycles. The Hall–Kier alpha value is -1.79. The molecule has 0 spiro atoms. The molecule has 3 nitrogen and oxygen atoms in total. The molecule has 0 aliphatic heterocycles. The lowest BCUT2D eigenvalue weighted by atomic mass is 10.1. The molecule has 0 N–H and O–H groups in total. The van der Waals surface area contributed by atoms with Crippen LogP contribution in [0.15, 0.2) is 24.3 Å².